The molecule has 0 unspecified atom stereocenters. The third-order valence-corrected chi connectivity index (χ3v) is 2.61. The molecule has 0 spiro atoms. The molecule has 1 heterocycles. The van der Waals surface area contributed by atoms with Crippen molar-refractivity contribution in [2.75, 3.05) is 13.1 Å². The van der Waals surface area contributed by atoms with Crippen molar-refractivity contribution < 1.29 is 0 Å². The maximum Gasteiger partial charge on any atom is -0.000806 e. The zero-order chi connectivity index (χ0) is 8.65. The minimum absolute atomic E-state index is 1.12. The fourth-order valence-corrected chi connectivity index (χ4v) is 1.80. The van der Waals surface area contributed by atoms with E-state index in [0.29, 0.717) is 0 Å². The molecule has 0 aromatic carbocycles. The molecule has 1 N–H and O–H groups in total. The van der Waals surface area contributed by atoms with Gasteiger partial charge in [0.1, 0.15) is 0 Å². The lowest BCUT2D eigenvalue weighted by atomic mass is 10.2. The van der Waals surface area contributed by atoms with Crippen LogP contribution in [0.3, 0.4) is 0 Å². The first-order chi connectivity index (χ1) is 5.93. The van der Waals surface area contributed by atoms with Gasteiger partial charge < -0.3 is 5.32 Å². The maximum absolute atomic E-state index is 3.43. The van der Waals surface area contributed by atoms with Gasteiger partial charge in [-0.05, 0) is 48.3 Å². The molecule has 0 aliphatic carbocycles. The number of hydrogen-bond donors (Lipinski definition) is 1. The Morgan fingerprint density at radius 1 is 1.42 bits per heavy atom. The van der Waals surface area contributed by atoms with Crippen LogP contribution in [0.25, 0.3) is 0 Å². The lowest BCUT2D eigenvalue weighted by Crippen LogP contribution is -2.17. The molecule has 0 fully saturated rings. The van der Waals surface area contributed by atoms with Gasteiger partial charge in [0.25, 0.3) is 0 Å². The van der Waals surface area contributed by atoms with E-state index in [2.05, 4.69) is 29.1 Å². The lowest BCUT2D eigenvalue weighted by molar-refractivity contribution is 0.640. The monoisotopic (exact) mass is 183 g/mol. The van der Waals surface area contributed by atoms with E-state index in [9.17, 15) is 0 Å². The molecule has 0 aliphatic heterocycles. The Morgan fingerprint density at radius 2 is 2.33 bits per heavy atom. The first-order valence-electron chi connectivity index (χ1n) is 4.65. The molecule has 0 amide bonds. The average molecular weight is 183 g/mol. The van der Waals surface area contributed by atoms with Gasteiger partial charge in [0.15, 0.2) is 0 Å². The van der Waals surface area contributed by atoms with Crippen LogP contribution >= 0.6 is 11.3 Å². The topological polar surface area (TPSA) is 12.0 Å². The van der Waals surface area contributed by atoms with E-state index in [1.54, 1.807) is 11.3 Å². The predicted octanol–water partition coefficient (Wildman–Crippen LogP) is 2.68. The predicted molar refractivity (Wildman–Crippen MR) is 55.8 cm³/mol. The average Bonchev–Trinajstić information content (AvgIpc) is 2.57. The summed E-state index contributed by atoms with van der Waals surface area (Å²) in [5.41, 5.74) is 1.46. The third-order valence-electron chi connectivity index (χ3n) is 1.88. The van der Waals surface area contributed by atoms with E-state index >= 15 is 0 Å². The van der Waals surface area contributed by atoms with Gasteiger partial charge in [-0.3, -0.25) is 0 Å². The summed E-state index contributed by atoms with van der Waals surface area (Å²) in [6.07, 6.45) is 3.75. The number of nitrogens with one attached hydrogen (secondary N) is 1. The molecular formula is C10H17NS. The minimum Gasteiger partial charge on any atom is -0.316 e. The number of hydrogen-bond acceptors (Lipinski definition) is 2. The van der Waals surface area contributed by atoms with Gasteiger partial charge in [0.2, 0.25) is 0 Å². The fraction of sp³-hybridized carbons (Fsp3) is 0.600. The standard InChI is InChI=1S/C10H17NS/c1-2-3-6-11-7-4-10-5-8-12-9-10/h5,8-9,11H,2-4,6-7H2,1H3. The zero-order valence-electron chi connectivity index (χ0n) is 7.68. The highest BCUT2D eigenvalue weighted by Crippen LogP contribution is 2.05. The number of unbranched alkanes of at least 4 members (excludes halogenated alkanes) is 1. The van der Waals surface area contributed by atoms with E-state index in [-0.39, 0.29) is 0 Å². The van der Waals surface area contributed by atoms with Crippen LogP contribution in [0.1, 0.15) is 25.3 Å². The van der Waals surface area contributed by atoms with Crippen molar-refractivity contribution in [1.29, 1.82) is 0 Å². The van der Waals surface area contributed by atoms with Gasteiger partial charge in [-0.25, -0.2) is 0 Å². The van der Waals surface area contributed by atoms with Crippen LogP contribution < -0.4 is 5.32 Å². The van der Waals surface area contributed by atoms with Crippen molar-refractivity contribution in [2.45, 2.75) is 26.2 Å². The Kier molecular flexibility index (Phi) is 5.04. The summed E-state index contributed by atoms with van der Waals surface area (Å²) in [6.45, 7) is 4.51. The Morgan fingerprint density at radius 3 is 3.00 bits per heavy atom. The summed E-state index contributed by atoms with van der Waals surface area (Å²) >= 11 is 1.78. The highest BCUT2D eigenvalue weighted by atomic mass is 32.1. The van der Waals surface area contributed by atoms with Crippen LogP contribution in [0.15, 0.2) is 16.8 Å². The van der Waals surface area contributed by atoms with E-state index in [1.807, 2.05) is 0 Å². The van der Waals surface area contributed by atoms with Crippen molar-refractivity contribution >= 4 is 11.3 Å². The molecule has 0 saturated carbocycles. The summed E-state index contributed by atoms with van der Waals surface area (Å²) in [7, 11) is 0. The van der Waals surface area contributed by atoms with Crippen LogP contribution in [0.2, 0.25) is 0 Å². The molecule has 0 saturated heterocycles. The van der Waals surface area contributed by atoms with E-state index in [1.165, 1.54) is 31.4 Å². The molecule has 0 atom stereocenters. The molecule has 12 heavy (non-hydrogen) atoms. The Hall–Kier alpha value is -0.340. The van der Waals surface area contributed by atoms with E-state index in [4.69, 9.17) is 0 Å². The minimum atomic E-state index is 1.12. The zero-order valence-corrected chi connectivity index (χ0v) is 8.49. The Bertz CT molecular complexity index is 182. The molecule has 0 bridgehead atoms. The second kappa shape index (κ2) is 6.21. The molecular weight excluding hydrogens is 166 g/mol. The first kappa shape index (κ1) is 9.75. The van der Waals surface area contributed by atoms with Gasteiger partial charge in [-0.1, -0.05) is 13.3 Å². The van der Waals surface area contributed by atoms with Gasteiger partial charge in [0.05, 0.1) is 0 Å². The number of rotatable bonds is 6. The van der Waals surface area contributed by atoms with Crippen LogP contribution in [0.4, 0.5) is 0 Å². The maximum atomic E-state index is 3.43. The summed E-state index contributed by atoms with van der Waals surface area (Å²) < 4.78 is 0. The van der Waals surface area contributed by atoms with Crippen LogP contribution in [0.5, 0.6) is 0 Å². The highest BCUT2D eigenvalue weighted by molar-refractivity contribution is 7.07. The molecule has 1 aromatic heterocycles. The fourth-order valence-electron chi connectivity index (χ4n) is 1.09. The third kappa shape index (κ3) is 3.88. The highest BCUT2D eigenvalue weighted by Gasteiger charge is 1.91. The summed E-state index contributed by atoms with van der Waals surface area (Å²) in [6, 6.07) is 2.20. The van der Waals surface area contributed by atoms with Crippen molar-refractivity contribution in [3.63, 3.8) is 0 Å². The summed E-state index contributed by atoms with van der Waals surface area (Å²) in [4.78, 5) is 0. The first-order valence-corrected chi connectivity index (χ1v) is 5.59. The van der Waals surface area contributed by atoms with Crippen molar-refractivity contribution in [1.82, 2.24) is 5.32 Å². The Balaban J connectivity index is 1.96. The molecule has 68 valence electrons. The van der Waals surface area contributed by atoms with Crippen molar-refractivity contribution in [3.8, 4) is 0 Å². The normalized spacial score (nSPS) is 10.4. The van der Waals surface area contributed by atoms with E-state index < -0.39 is 0 Å². The smallest absolute Gasteiger partial charge is 0.000806 e. The molecule has 2 heteroatoms. The van der Waals surface area contributed by atoms with Gasteiger partial charge in [-0.15, -0.1) is 0 Å². The van der Waals surface area contributed by atoms with Gasteiger partial charge >= 0.3 is 0 Å². The van der Waals surface area contributed by atoms with Crippen LogP contribution in [-0.4, -0.2) is 13.1 Å². The van der Waals surface area contributed by atoms with Gasteiger partial charge in [0, 0.05) is 0 Å². The van der Waals surface area contributed by atoms with E-state index in [0.717, 1.165) is 6.54 Å². The molecule has 0 radical (unpaired) electrons. The summed E-state index contributed by atoms with van der Waals surface area (Å²) in [5.74, 6) is 0. The summed E-state index contributed by atoms with van der Waals surface area (Å²) in [5, 5.41) is 7.79. The van der Waals surface area contributed by atoms with Crippen LogP contribution in [-0.2, 0) is 6.42 Å². The van der Waals surface area contributed by atoms with Crippen LogP contribution in [0, 0.1) is 0 Å². The molecule has 1 nitrogen and oxygen atoms in total. The SMILES string of the molecule is CCCCNCCc1ccsc1. The molecule has 1 rings (SSSR count). The Labute approximate surface area is 78.8 Å². The second-order valence-corrected chi connectivity index (χ2v) is 3.77. The van der Waals surface area contributed by atoms with Crippen molar-refractivity contribution in [3.05, 3.63) is 22.4 Å². The molecule has 1 aromatic rings. The van der Waals surface area contributed by atoms with Gasteiger partial charge in [-0.2, -0.15) is 11.3 Å². The number of thiophene rings is 1. The quantitative estimate of drug-likeness (QED) is 0.669. The second-order valence-electron chi connectivity index (χ2n) is 2.99. The largest absolute Gasteiger partial charge is 0.316 e. The van der Waals surface area contributed by atoms with Crippen molar-refractivity contribution in [2.24, 2.45) is 0 Å². The molecule has 0 aliphatic rings. The lowest BCUT2D eigenvalue weighted by Gasteiger charge is -2.01.